The van der Waals surface area contributed by atoms with Crippen molar-refractivity contribution < 1.29 is 22.9 Å². The van der Waals surface area contributed by atoms with Crippen molar-refractivity contribution in [3.05, 3.63) is 129 Å². The topological polar surface area (TPSA) is 73.9 Å². The van der Waals surface area contributed by atoms with Crippen LogP contribution in [0.3, 0.4) is 0 Å². The fourth-order valence-electron chi connectivity index (χ4n) is 4.19. The van der Waals surface area contributed by atoms with Crippen LogP contribution in [0.15, 0.2) is 102 Å². The van der Waals surface area contributed by atoms with Gasteiger partial charge in [0, 0.05) is 10.2 Å². The summed E-state index contributed by atoms with van der Waals surface area (Å²) in [5.41, 5.74) is 4.42. The van der Waals surface area contributed by atoms with Crippen LogP contribution in [-0.2, 0) is 37.7 Å². The van der Waals surface area contributed by atoms with Crippen molar-refractivity contribution in [1.29, 1.82) is 0 Å². The van der Waals surface area contributed by atoms with E-state index in [0.717, 1.165) is 22.3 Å². The van der Waals surface area contributed by atoms with Gasteiger partial charge < -0.3 is 9.84 Å². The van der Waals surface area contributed by atoms with Gasteiger partial charge in [-0.05, 0) is 63.4 Å². The van der Waals surface area contributed by atoms with E-state index in [1.165, 1.54) is 0 Å². The van der Waals surface area contributed by atoms with Crippen LogP contribution in [-0.4, -0.2) is 5.91 Å². The highest BCUT2D eigenvalue weighted by Crippen LogP contribution is 2.52. The summed E-state index contributed by atoms with van der Waals surface area (Å²) in [6.07, 6.45) is 0. The first-order chi connectivity index (χ1) is 20.2. The van der Waals surface area contributed by atoms with E-state index in [1.54, 1.807) is 18.2 Å². The zero-order chi connectivity index (χ0) is 31.3. The Labute approximate surface area is 263 Å². The fraction of sp³-hybridized carbons (Fsp3) is 0.286. The molecule has 8 heteroatoms. The second kappa shape index (κ2) is 13.6. The molecule has 6 nitrogen and oxygen atoms in total. The number of amides is 1. The molecule has 0 saturated carbocycles. The van der Waals surface area contributed by atoms with Gasteiger partial charge in [-0.1, -0.05) is 124 Å². The smallest absolute Gasteiger partial charge is 0.403 e. The second-order valence-electron chi connectivity index (χ2n) is 12.5. The normalized spacial score (nSPS) is 12.2. The van der Waals surface area contributed by atoms with Crippen molar-refractivity contribution in [3.8, 4) is 5.75 Å². The van der Waals surface area contributed by atoms with Crippen LogP contribution in [0.25, 0.3) is 0 Å². The number of phosphoric acid groups is 1. The largest absolute Gasteiger partial charge is 0.530 e. The highest BCUT2D eigenvalue weighted by Gasteiger charge is 2.31. The number of carbonyl (C=O) groups is 1. The highest BCUT2D eigenvalue weighted by molar-refractivity contribution is 9.10. The maximum atomic E-state index is 14.0. The quantitative estimate of drug-likeness (QED) is 0.171. The first-order valence-electron chi connectivity index (χ1n) is 14.2. The van der Waals surface area contributed by atoms with Crippen molar-refractivity contribution in [2.75, 3.05) is 5.32 Å². The molecule has 0 aromatic heterocycles. The third-order valence-electron chi connectivity index (χ3n) is 6.78. The Bertz CT molecular complexity index is 1510. The van der Waals surface area contributed by atoms with E-state index in [4.69, 9.17) is 13.6 Å². The molecule has 4 rings (SSSR count). The molecule has 1 amide bonds. The zero-order valence-electron chi connectivity index (χ0n) is 25.5. The molecule has 0 unspecified atom stereocenters. The van der Waals surface area contributed by atoms with Crippen molar-refractivity contribution in [2.45, 2.75) is 65.6 Å². The van der Waals surface area contributed by atoms with Crippen molar-refractivity contribution in [1.82, 2.24) is 0 Å². The van der Waals surface area contributed by atoms with Gasteiger partial charge in [-0.25, -0.2) is 4.57 Å². The molecule has 1 N–H and O–H groups in total. The number of hydrogen-bond donors (Lipinski definition) is 1. The Hall–Kier alpha value is -3.22. The van der Waals surface area contributed by atoms with Gasteiger partial charge >= 0.3 is 7.82 Å². The van der Waals surface area contributed by atoms with E-state index >= 15 is 0 Å². The summed E-state index contributed by atoms with van der Waals surface area (Å²) < 4.78 is 32.3. The van der Waals surface area contributed by atoms with E-state index in [0.29, 0.717) is 10.2 Å². The van der Waals surface area contributed by atoms with Crippen molar-refractivity contribution in [2.24, 2.45) is 0 Å². The monoisotopic (exact) mass is 663 g/mol. The number of phosphoric ester groups is 1. The molecule has 0 saturated heterocycles. The highest BCUT2D eigenvalue weighted by atomic mass is 79.9. The number of carbonyl (C=O) groups excluding carboxylic acids is 1. The number of anilines is 1. The first kappa shape index (κ1) is 32.7. The summed E-state index contributed by atoms with van der Waals surface area (Å²) in [6, 6.07) is 29.8. The Morgan fingerprint density at radius 1 is 0.721 bits per heavy atom. The molecule has 0 heterocycles. The molecule has 0 aliphatic carbocycles. The van der Waals surface area contributed by atoms with E-state index < -0.39 is 13.7 Å². The third-order valence-corrected chi connectivity index (χ3v) is 8.59. The van der Waals surface area contributed by atoms with Gasteiger partial charge in [-0.15, -0.1) is 0 Å². The van der Waals surface area contributed by atoms with Crippen molar-refractivity contribution >= 4 is 35.3 Å². The summed E-state index contributed by atoms with van der Waals surface area (Å²) in [5.74, 6) is -0.340. The lowest BCUT2D eigenvalue weighted by Gasteiger charge is -2.26. The molecular formula is C35H39BrNO5P. The van der Waals surface area contributed by atoms with Gasteiger partial charge in [0.2, 0.25) is 0 Å². The predicted molar refractivity (Wildman–Crippen MR) is 177 cm³/mol. The molecule has 0 fully saturated rings. The average molecular weight is 665 g/mol. The molecule has 0 aliphatic heterocycles. The summed E-state index contributed by atoms with van der Waals surface area (Å²) in [4.78, 5) is 13.8. The van der Waals surface area contributed by atoms with Gasteiger partial charge in [0.25, 0.3) is 5.91 Å². The van der Waals surface area contributed by atoms with Crippen LogP contribution >= 0.6 is 23.8 Å². The molecule has 4 aromatic carbocycles. The fourth-order valence-corrected chi connectivity index (χ4v) is 5.75. The minimum atomic E-state index is -4.19. The van der Waals surface area contributed by atoms with E-state index in [2.05, 4.69) is 68.9 Å². The van der Waals surface area contributed by atoms with Crippen LogP contribution in [0.1, 0.15) is 74.2 Å². The van der Waals surface area contributed by atoms with Crippen LogP contribution in [0.4, 0.5) is 5.69 Å². The van der Waals surface area contributed by atoms with Gasteiger partial charge in [0.05, 0.1) is 18.8 Å². The molecule has 0 bridgehead atoms. The van der Waals surface area contributed by atoms with E-state index in [9.17, 15) is 9.36 Å². The predicted octanol–water partition coefficient (Wildman–Crippen LogP) is 10.2. The lowest BCUT2D eigenvalue weighted by molar-refractivity contribution is 0.102. The van der Waals surface area contributed by atoms with Crippen molar-refractivity contribution in [3.63, 3.8) is 0 Å². The van der Waals surface area contributed by atoms with E-state index in [-0.39, 0.29) is 35.4 Å². The summed E-state index contributed by atoms with van der Waals surface area (Å²) in [5, 5.41) is 3.04. The van der Waals surface area contributed by atoms with Gasteiger partial charge in [-0.2, -0.15) is 0 Å². The number of benzene rings is 4. The lowest BCUT2D eigenvalue weighted by Crippen LogP contribution is -2.19. The molecule has 0 atom stereocenters. The standard InChI is InChI=1S/C35H39BrNO5P/c1-34(2,3)27-19-28(35(4,5)6)21-30(20-27)37-33(38)31-22-29(36)17-18-32(31)42-43(39,40-23-25-13-9-7-10-14-25)41-24-26-15-11-8-12-16-26/h7-22H,23-24H2,1-6H3,(H,37,38). The Kier molecular flexibility index (Phi) is 10.3. The Morgan fingerprint density at radius 2 is 1.21 bits per heavy atom. The molecule has 4 aromatic rings. The molecule has 226 valence electrons. The number of nitrogens with one attached hydrogen (secondary N) is 1. The van der Waals surface area contributed by atoms with E-state index in [1.807, 2.05) is 72.8 Å². The summed E-state index contributed by atoms with van der Waals surface area (Å²) in [7, 11) is -4.19. The first-order valence-corrected chi connectivity index (χ1v) is 16.4. The molecule has 0 radical (unpaired) electrons. The molecule has 0 spiro atoms. The van der Waals surface area contributed by atoms with Crippen LogP contribution in [0.5, 0.6) is 5.75 Å². The SMILES string of the molecule is CC(C)(C)c1cc(NC(=O)c2cc(Br)ccc2OP(=O)(OCc2ccccc2)OCc2ccccc2)cc(C(C)(C)C)c1. The van der Waals surface area contributed by atoms with Crippen LogP contribution in [0, 0.1) is 0 Å². The zero-order valence-corrected chi connectivity index (χ0v) is 28.0. The number of rotatable bonds is 10. The Balaban J connectivity index is 1.65. The van der Waals surface area contributed by atoms with Gasteiger partial charge in [0.1, 0.15) is 5.75 Å². The summed E-state index contributed by atoms with van der Waals surface area (Å²) in [6.45, 7) is 12.9. The van der Waals surface area contributed by atoms with Gasteiger partial charge in [0.15, 0.2) is 0 Å². The minimum Gasteiger partial charge on any atom is -0.403 e. The molecule has 0 aliphatic rings. The number of hydrogen-bond acceptors (Lipinski definition) is 5. The molecule has 43 heavy (non-hydrogen) atoms. The maximum Gasteiger partial charge on any atom is 0.530 e. The van der Waals surface area contributed by atoms with Gasteiger partial charge in [-0.3, -0.25) is 13.8 Å². The average Bonchev–Trinajstić information content (AvgIpc) is 2.96. The third kappa shape index (κ3) is 9.38. The minimum absolute atomic E-state index is 0.000140. The van der Waals surface area contributed by atoms with Crippen LogP contribution < -0.4 is 9.84 Å². The maximum absolute atomic E-state index is 14.0. The lowest BCUT2D eigenvalue weighted by atomic mass is 9.80. The molecular weight excluding hydrogens is 625 g/mol. The van der Waals surface area contributed by atoms with Crippen LogP contribution in [0.2, 0.25) is 0 Å². The Morgan fingerprint density at radius 3 is 1.67 bits per heavy atom. The summed E-state index contributed by atoms with van der Waals surface area (Å²) >= 11 is 3.46. The number of halogens is 1. The second-order valence-corrected chi connectivity index (χ2v) is 15.0.